The van der Waals surface area contributed by atoms with Gasteiger partial charge >= 0.3 is 0 Å². The molecule has 1 saturated heterocycles. The van der Waals surface area contributed by atoms with E-state index in [0.717, 1.165) is 59.7 Å². The van der Waals surface area contributed by atoms with Gasteiger partial charge < -0.3 is 15.0 Å². The average Bonchev–Trinajstić information content (AvgIpc) is 3.26. The molecule has 1 aromatic heterocycles. The van der Waals surface area contributed by atoms with Crippen molar-refractivity contribution in [2.45, 2.75) is 5.75 Å². The molecule has 0 spiro atoms. The van der Waals surface area contributed by atoms with Gasteiger partial charge in [-0.1, -0.05) is 24.3 Å². The zero-order valence-corrected chi connectivity index (χ0v) is 17.9. The third-order valence-corrected chi connectivity index (χ3v) is 6.24. The summed E-state index contributed by atoms with van der Waals surface area (Å²) in [6.45, 7) is 3.28. The van der Waals surface area contributed by atoms with Gasteiger partial charge in [0.2, 0.25) is 0 Å². The van der Waals surface area contributed by atoms with Crippen LogP contribution in [0.2, 0.25) is 0 Å². The van der Waals surface area contributed by atoms with Gasteiger partial charge in [0.25, 0.3) is 5.91 Å². The summed E-state index contributed by atoms with van der Waals surface area (Å²) in [5.41, 5.74) is 4.60. The number of thiazole rings is 1. The molecule has 3 aromatic rings. The monoisotopic (exact) mass is 425 g/mol. The first kappa shape index (κ1) is 19.9. The number of anilines is 2. The SMILES string of the molecule is CSCc1cccc(C(=O)Nc2ccc(-c3csc(N4CCOCC4)n3)cc2)c1. The van der Waals surface area contributed by atoms with Crippen molar-refractivity contribution in [2.75, 3.05) is 42.8 Å². The lowest BCUT2D eigenvalue weighted by molar-refractivity contribution is 0.102. The molecule has 1 amide bonds. The fourth-order valence-electron chi connectivity index (χ4n) is 3.19. The Bertz CT molecular complexity index is 966. The summed E-state index contributed by atoms with van der Waals surface area (Å²) >= 11 is 3.40. The summed E-state index contributed by atoms with van der Waals surface area (Å²) < 4.78 is 5.41. The Morgan fingerprint density at radius 3 is 2.76 bits per heavy atom. The van der Waals surface area contributed by atoms with Crippen molar-refractivity contribution in [1.29, 1.82) is 0 Å². The minimum absolute atomic E-state index is 0.0936. The largest absolute Gasteiger partial charge is 0.378 e. The van der Waals surface area contributed by atoms with Gasteiger partial charge in [0.15, 0.2) is 5.13 Å². The average molecular weight is 426 g/mol. The second kappa shape index (κ2) is 9.43. The Labute approximate surface area is 179 Å². The summed E-state index contributed by atoms with van der Waals surface area (Å²) in [7, 11) is 0. The fraction of sp³-hybridized carbons (Fsp3) is 0.273. The number of carbonyl (C=O) groups excluding carboxylic acids is 1. The van der Waals surface area contributed by atoms with Crippen LogP contribution >= 0.6 is 23.1 Å². The topological polar surface area (TPSA) is 54.5 Å². The number of nitrogens with one attached hydrogen (secondary N) is 1. The molecule has 1 aliphatic rings. The molecule has 0 atom stereocenters. The molecule has 0 unspecified atom stereocenters. The van der Waals surface area contributed by atoms with Crippen molar-refractivity contribution < 1.29 is 9.53 Å². The highest BCUT2D eigenvalue weighted by molar-refractivity contribution is 7.97. The first-order valence-electron chi connectivity index (χ1n) is 9.51. The summed E-state index contributed by atoms with van der Waals surface area (Å²) in [6.07, 6.45) is 2.06. The number of thioether (sulfide) groups is 1. The van der Waals surface area contributed by atoms with Crippen LogP contribution in [-0.2, 0) is 10.5 Å². The Kier molecular flexibility index (Phi) is 6.49. The number of rotatable bonds is 6. The molecule has 1 aliphatic heterocycles. The van der Waals surface area contributed by atoms with Crippen LogP contribution in [0.4, 0.5) is 10.8 Å². The Morgan fingerprint density at radius 2 is 2.00 bits per heavy atom. The number of ether oxygens (including phenoxy) is 1. The summed E-state index contributed by atoms with van der Waals surface area (Å²) in [5, 5.41) is 6.09. The lowest BCUT2D eigenvalue weighted by atomic mass is 10.1. The molecule has 2 aromatic carbocycles. The van der Waals surface area contributed by atoms with E-state index in [0.29, 0.717) is 5.56 Å². The molecular formula is C22H23N3O2S2. The number of hydrogen-bond acceptors (Lipinski definition) is 6. The third-order valence-electron chi connectivity index (χ3n) is 4.71. The van der Waals surface area contributed by atoms with Crippen LogP contribution in [0, 0.1) is 0 Å². The molecule has 4 rings (SSSR count). The number of nitrogens with zero attached hydrogens (tertiary/aromatic N) is 2. The standard InChI is InChI=1S/C22H23N3O2S2/c1-28-14-16-3-2-4-18(13-16)21(26)23-19-7-5-17(6-8-19)20-15-29-22(24-20)25-9-11-27-12-10-25/h2-8,13,15H,9-12,14H2,1H3,(H,23,26). The van der Waals surface area contributed by atoms with E-state index < -0.39 is 0 Å². The Morgan fingerprint density at radius 1 is 1.21 bits per heavy atom. The highest BCUT2D eigenvalue weighted by Crippen LogP contribution is 2.28. The number of benzene rings is 2. The fourth-order valence-corrected chi connectivity index (χ4v) is 4.59. The molecule has 1 fully saturated rings. The summed E-state index contributed by atoms with van der Waals surface area (Å²) in [6, 6.07) is 15.6. The smallest absolute Gasteiger partial charge is 0.255 e. The van der Waals surface area contributed by atoms with Crippen molar-refractivity contribution in [1.82, 2.24) is 4.98 Å². The minimum atomic E-state index is -0.0936. The summed E-state index contributed by atoms with van der Waals surface area (Å²) in [5.74, 6) is 0.805. The molecule has 0 bridgehead atoms. The van der Waals surface area contributed by atoms with Gasteiger partial charge in [-0.2, -0.15) is 11.8 Å². The van der Waals surface area contributed by atoms with Gasteiger partial charge in [0.1, 0.15) is 0 Å². The van der Waals surface area contributed by atoms with E-state index in [2.05, 4.69) is 21.9 Å². The number of aromatic nitrogens is 1. The second-order valence-electron chi connectivity index (χ2n) is 6.78. The van der Waals surface area contributed by atoms with Gasteiger partial charge in [0, 0.05) is 41.0 Å². The molecule has 7 heteroatoms. The van der Waals surface area contributed by atoms with Crippen LogP contribution in [0.3, 0.4) is 0 Å². The lowest BCUT2D eigenvalue weighted by Crippen LogP contribution is -2.36. The second-order valence-corrected chi connectivity index (χ2v) is 8.48. The molecule has 0 saturated carbocycles. The normalized spacial score (nSPS) is 14.0. The van der Waals surface area contributed by atoms with Gasteiger partial charge in [-0.15, -0.1) is 11.3 Å². The maximum atomic E-state index is 12.6. The maximum absolute atomic E-state index is 12.6. The van der Waals surface area contributed by atoms with Crippen LogP contribution < -0.4 is 10.2 Å². The highest BCUT2D eigenvalue weighted by Gasteiger charge is 2.15. The predicted molar refractivity (Wildman–Crippen MR) is 122 cm³/mol. The van der Waals surface area contributed by atoms with Crippen molar-refractivity contribution in [3.8, 4) is 11.3 Å². The first-order valence-corrected chi connectivity index (χ1v) is 11.8. The van der Waals surface area contributed by atoms with Crippen LogP contribution in [0.1, 0.15) is 15.9 Å². The van der Waals surface area contributed by atoms with Crippen molar-refractivity contribution in [3.63, 3.8) is 0 Å². The first-order chi connectivity index (χ1) is 14.2. The number of morpholine rings is 1. The molecule has 29 heavy (non-hydrogen) atoms. The van der Waals surface area contributed by atoms with E-state index in [-0.39, 0.29) is 5.91 Å². The molecule has 150 valence electrons. The molecule has 0 aliphatic carbocycles. The van der Waals surface area contributed by atoms with E-state index >= 15 is 0 Å². The van der Waals surface area contributed by atoms with Crippen molar-refractivity contribution >= 4 is 39.8 Å². The quantitative estimate of drug-likeness (QED) is 0.617. The molecule has 1 N–H and O–H groups in total. The maximum Gasteiger partial charge on any atom is 0.255 e. The van der Waals surface area contributed by atoms with Crippen LogP contribution in [0.5, 0.6) is 0 Å². The summed E-state index contributed by atoms with van der Waals surface area (Å²) in [4.78, 5) is 19.6. The van der Waals surface area contributed by atoms with Gasteiger partial charge in [-0.05, 0) is 36.1 Å². The van der Waals surface area contributed by atoms with Crippen molar-refractivity contribution in [2.24, 2.45) is 0 Å². The number of hydrogen-bond donors (Lipinski definition) is 1. The molecular weight excluding hydrogens is 402 g/mol. The van der Waals surface area contributed by atoms with E-state index in [1.54, 1.807) is 23.1 Å². The van der Waals surface area contributed by atoms with Crippen LogP contribution in [0.25, 0.3) is 11.3 Å². The third kappa shape index (κ3) is 4.98. The van der Waals surface area contributed by atoms with Gasteiger partial charge in [-0.25, -0.2) is 4.98 Å². The van der Waals surface area contributed by atoms with Gasteiger partial charge in [0.05, 0.1) is 18.9 Å². The Hall–Kier alpha value is -2.35. The van der Waals surface area contributed by atoms with E-state index in [4.69, 9.17) is 9.72 Å². The number of amides is 1. The van der Waals surface area contributed by atoms with Crippen LogP contribution in [-0.4, -0.2) is 43.5 Å². The van der Waals surface area contributed by atoms with E-state index in [1.807, 2.05) is 48.5 Å². The van der Waals surface area contributed by atoms with E-state index in [9.17, 15) is 4.79 Å². The molecule has 0 radical (unpaired) electrons. The van der Waals surface area contributed by atoms with Crippen LogP contribution in [0.15, 0.2) is 53.9 Å². The minimum Gasteiger partial charge on any atom is -0.378 e. The molecule has 2 heterocycles. The number of carbonyl (C=O) groups is 1. The molecule has 5 nitrogen and oxygen atoms in total. The highest BCUT2D eigenvalue weighted by atomic mass is 32.2. The Balaban J connectivity index is 1.42. The lowest BCUT2D eigenvalue weighted by Gasteiger charge is -2.26. The van der Waals surface area contributed by atoms with E-state index in [1.165, 1.54) is 0 Å². The zero-order chi connectivity index (χ0) is 20.1. The zero-order valence-electron chi connectivity index (χ0n) is 16.3. The predicted octanol–water partition coefficient (Wildman–Crippen LogP) is 4.76. The van der Waals surface area contributed by atoms with Crippen molar-refractivity contribution in [3.05, 3.63) is 65.0 Å². The van der Waals surface area contributed by atoms with Gasteiger partial charge in [-0.3, -0.25) is 4.79 Å².